The Labute approximate surface area is 124 Å². The minimum atomic E-state index is 0.0608. The van der Waals surface area contributed by atoms with E-state index < -0.39 is 0 Å². The molecule has 1 aromatic heterocycles. The van der Waals surface area contributed by atoms with E-state index in [2.05, 4.69) is 10.2 Å². The summed E-state index contributed by atoms with van der Waals surface area (Å²) >= 11 is 0. The number of aryl methyl sites for hydroxylation is 1. The van der Waals surface area contributed by atoms with Crippen molar-refractivity contribution < 1.29 is 4.79 Å². The highest BCUT2D eigenvalue weighted by atomic mass is 16.2. The van der Waals surface area contributed by atoms with Crippen molar-refractivity contribution in [2.45, 2.75) is 32.2 Å². The molecule has 0 bridgehead atoms. The third kappa shape index (κ3) is 2.63. The summed E-state index contributed by atoms with van der Waals surface area (Å²) in [4.78, 5) is 14.9. The zero-order chi connectivity index (χ0) is 14.8. The molecule has 1 saturated heterocycles. The van der Waals surface area contributed by atoms with E-state index in [-0.39, 0.29) is 11.9 Å². The van der Waals surface area contributed by atoms with Gasteiger partial charge in [-0.1, -0.05) is 6.07 Å². The van der Waals surface area contributed by atoms with Crippen molar-refractivity contribution in [3.63, 3.8) is 0 Å². The standard InChI is InChI=1S/C16H20N4O/c1-11-5-6-13(17)8-14(11)16(21)20-7-3-2-4-15(20)12-9-18-19-10-12/h5-6,8-10,15H,2-4,7,17H2,1H3,(H,18,19). The summed E-state index contributed by atoms with van der Waals surface area (Å²) in [5.41, 5.74) is 9.20. The van der Waals surface area contributed by atoms with Gasteiger partial charge >= 0.3 is 0 Å². The van der Waals surface area contributed by atoms with Gasteiger partial charge in [0.1, 0.15) is 0 Å². The molecule has 1 aromatic carbocycles. The highest BCUT2D eigenvalue weighted by molar-refractivity contribution is 5.96. The van der Waals surface area contributed by atoms with Crippen LogP contribution in [0.15, 0.2) is 30.6 Å². The number of aromatic nitrogens is 2. The predicted molar refractivity (Wildman–Crippen MR) is 81.8 cm³/mol. The van der Waals surface area contributed by atoms with Crippen LogP contribution in [0.3, 0.4) is 0 Å². The molecule has 1 unspecified atom stereocenters. The number of nitrogens with zero attached hydrogens (tertiary/aromatic N) is 2. The molecule has 0 radical (unpaired) electrons. The lowest BCUT2D eigenvalue weighted by Gasteiger charge is -2.35. The molecule has 2 aromatic rings. The van der Waals surface area contributed by atoms with Gasteiger partial charge in [0.05, 0.1) is 12.2 Å². The largest absolute Gasteiger partial charge is 0.399 e. The Hall–Kier alpha value is -2.30. The van der Waals surface area contributed by atoms with Crippen LogP contribution in [-0.2, 0) is 0 Å². The van der Waals surface area contributed by atoms with Crippen LogP contribution < -0.4 is 5.73 Å². The average Bonchev–Trinajstić information content (AvgIpc) is 3.03. The predicted octanol–water partition coefficient (Wildman–Crippen LogP) is 2.67. The third-order valence-corrected chi connectivity index (χ3v) is 4.16. The summed E-state index contributed by atoms with van der Waals surface area (Å²) in [5.74, 6) is 0.0608. The minimum Gasteiger partial charge on any atom is -0.399 e. The minimum absolute atomic E-state index is 0.0608. The molecule has 3 rings (SSSR count). The number of piperidine rings is 1. The number of aromatic amines is 1. The summed E-state index contributed by atoms with van der Waals surface area (Å²) < 4.78 is 0. The van der Waals surface area contributed by atoms with Gasteiger partial charge in [0.25, 0.3) is 5.91 Å². The lowest BCUT2D eigenvalue weighted by Crippen LogP contribution is -2.38. The topological polar surface area (TPSA) is 75.0 Å². The molecule has 110 valence electrons. The van der Waals surface area contributed by atoms with Crippen molar-refractivity contribution in [3.8, 4) is 0 Å². The molecule has 1 aliphatic rings. The Morgan fingerprint density at radius 1 is 1.43 bits per heavy atom. The van der Waals surface area contributed by atoms with Crippen molar-refractivity contribution in [1.29, 1.82) is 0 Å². The number of carbonyl (C=O) groups excluding carboxylic acids is 1. The summed E-state index contributed by atoms with van der Waals surface area (Å²) in [6, 6.07) is 5.61. The van der Waals surface area contributed by atoms with Crippen LogP contribution in [0.1, 0.15) is 46.8 Å². The number of H-pyrrole nitrogens is 1. The van der Waals surface area contributed by atoms with Gasteiger partial charge in [-0.05, 0) is 43.9 Å². The quantitative estimate of drug-likeness (QED) is 0.832. The van der Waals surface area contributed by atoms with Crippen LogP contribution in [0.25, 0.3) is 0 Å². The van der Waals surface area contributed by atoms with E-state index >= 15 is 0 Å². The number of nitrogens with two attached hydrogens (primary N) is 1. The van der Waals surface area contributed by atoms with Crippen molar-refractivity contribution in [2.24, 2.45) is 0 Å². The molecule has 21 heavy (non-hydrogen) atoms. The van der Waals surface area contributed by atoms with Crippen molar-refractivity contribution in [1.82, 2.24) is 15.1 Å². The maximum atomic E-state index is 12.9. The van der Waals surface area contributed by atoms with Gasteiger partial charge in [0.2, 0.25) is 0 Å². The number of nitrogen functional groups attached to an aromatic ring is 1. The van der Waals surface area contributed by atoms with Gasteiger partial charge in [-0.2, -0.15) is 5.10 Å². The highest BCUT2D eigenvalue weighted by Crippen LogP contribution is 2.32. The molecule has 0 aliphatic carbocycles. The summed E-state index contributed by atoms with van der Waals surface area (Å²) in [5, 5.41) is 6.85. The Kier molecular flexibility index (Phi) is 3.64. The van der Waals surface area contributed by atoms with E-state index in [1.54, 1.807) is 6.07 Å². The number of nitrogens with one attached hydrogen (secondary N) is 1. The first-order valence-corrected chi connectivity index (χ1v) is 7.32. The Bertz CT molecular complexity index is 636. The van der Waals surface area contributed by atoms with Gasteiger partial charge in [-0.25, -0.2) is 0 Å². The SMILES string of the molecule is Cc1ccc(N)cc1C(=O)N1CCCCC1c1cn[nH]c1. The van der Waals surface area contributed by atoms with Crippen LogP contribution in [0.2, 0.25) is 0 Å². The number of amides is 1. The van der Waals surface area contributed by atoms with E-state index in [9.17, 15) is 4.79 Å². The third-order valence-electron chi connectivity index (χ3n) is 4.16. The fourth-order valence-corrected chi connectivity index (χ4v) is 2.99. The van der Waals surface area contributed by atoms with Gasteiger partial charge in [-0.3, -0.25) is 9.89 Å². The first-order chi connectivity index (χ1) is 10.2. The maximum Gasteiger partial charge on any atom is 0.254 e. The fourth-order valence-electron chi connectivity index (χ4n) is 2.99. The molecule has 2 heterocycles. The van der Waals surface area contributed by atoms with Crippen LogP contribution in [0, 0.1) is 6.92 Å². The Morgan fingerprint density at radius 2 is 2.29 bits per heavy atom. The van der Waals surface area contributed by atoms with Gasteiger partial charge in [-0.15, -0.1) is 0 Å². The lowest BCUT2D eigenvalue weighted by molar-refractivity contribution is 0.0611. The second-order valence-electron chi connectivity index (χ2n) is 5.62. The number of hydrogen-bond acceptors (Lipinski definition) is 3. The van der Waals surface area contributed by atoms with Crippen molar-refractivity contribution in [3.05, 3.63) is 47.3 Å². The lowest BCUT2D eigenvalue weighted by atomic mass is 9.95. The maximum absolute atomic E-state index is 12.9. The van der Waals surface area contributed by atoms with Crippen LogP contribution in [-0.4, -0.2) is 27.5 Å². The smallest absolute Gasteiger partial charge is 0.254 e. The number of hydrogen-bond donors (Lipinski definition) is 2. The second kappa shape index (κ2) is 5.60. The van der Waals surface area contributed by atoms with Gasteiger partial charge < -0.3 is 10.6 Å². The summed E-state index contributed by atoms with van der Waals surface area (Å²) in [6.45, 7) is 2.73. The normalized spacial score (nSPS) is 18.7. The van der Waals surface area contributed by atoms with Crippen molar-refractivity contribution in [2.75, 3.05) is 12.3 Å². The molecule has 3 N–H and O–H groups in total. The van der Waals surface area contributed by atoms with E-state index in [0.717, 1.165) is 36.9 Å². The van der Waals surface area contributed by atoms with Crippen LogP contribution in [0.5, 0.6) is 0 Å². The van der Waals surface area contributed by atoms with Gasteiger partial charge in [0.15, 0.2) is 0 Å². The van der Waals surface area contributed by atoms with Crippen molar-refractivity contribution >= 4 is 11.6 Å². The first kappa shape index (κ1) is 13.7. The molecule has 5 nitrogen and oxygen atoms in total. The average molecular weight is 284 g/mol. The number of carbonyl (C=O) groups is 1. The number of anilines is 1. The Balaban J connectivity index is 1.93. The Morgan fingerprint density at radius 3 is 3.05 bits per heavy atom. The molecule has 1 atom stereocenters. The van der Waals surface area contributed by atoms with E-state index in [4.69, 9.17) is 5.73 Å². The number of rotatable bonds is 2. The molecule has 0 spiro atoms. The number of benzene rings is 1. The molecule has 1 aliphatic heterocycles. The van der Waals surface area contributed by atoms with E-state index in [1.807, 2.05) is 36.4 Å². The molecule has 0 saturated carbocycles. The second-order valence-corrected chi connectivity index (χ2v) is 5.62. The highest BCUT2D eigenvalue weighted by Gasteiger charge is 2.29. The molecular weight excluding hydrogens is 264 g/mol. The zero-order valence-electron chi connectivity index (χ0n) is 12.2. The first-order valence-electron chi connectivity index (χ1n) is 7.32. The summed E-state index contributed by atoms with van der Waals surface area (Å²) in [7, 11) is 0. The molecular formula is C16H20N4O. The number of likely N-dealkylation sites (tertiary alicyclic amines) is 1. The van der Waals surface area contributed by atoms with Crippen LogP contribution >= 0.6 is 0 Å². The molecule has 1 amide bonds. The van der Waals surface area contributed by atoms with E-state index in [0.29, 0.717) is 11.3 Å². The van der Waals surface area contributed by atoms with E-state index in [1.165, 1.54) is 0 Å². The van der Waals surface area contributed by atoms with Gasteiger partial charge in [0, 0.05) is 29.6 Å². The fraction of sp³-hybridized carbons (Fsp3) is 0.375. The van der Waals surface area contributed by atoms with Crippen LogP contribution in [0.4, 0.5) is 5.69 Å². The molecule has 5 heteroatoms. The monoisotopic (exact) mass is 284 g/mol. The summed E-state index contributed by atoms with van der Waals surface area (Å²) in [6.07, 6.45) is 6.84. The molecule has 1 fully saturated rings. The zero-order valence-corrected chi connectivity index (χ0v) is 12.2.